The molecule has 0 aliphatic heterocycles. The Morgan fingerprint density at radius 3 is 1.81 bits per heavy atom. The molecule has 3 aliphatic rings. The van der Waals surface area contributed by atoms with Gasteiger partial charge in [-0.15, -0.1) is 0 Å². The van der Waals surface area contributed by atoms with Gasteiger partial charge in [-0.1, -0.05) is 69.8 Å². The zero-order valence-corrected chi connectivity index (χ0v) is 17.9. The fraction of sp³-hybridized carbons (Fsp3) is 0.667. The fourth-order valence-corrected chi connectivity index (χ4v) is 3.38. The van der Waals surface area contributed by atoms with Gasteiger partial charge in [0.1, 0.15) is 0 Å². The molecule has 122 valence electrons. The molecule has 3 atom stereocenters. The van der Waals surface area contributed by atoms with Gasteiger partial charge >= 0.3 is 37.9 Å². The first-order chi connectivity index (χ1) is 9.29. The molecule has 2 unspecified atom stereocenters. The molecule has 21 heavy (non-hydrogen) atoms. The number of rotatable bonds is 0. The van der Waals surface area contributed by atoms with Crippen LogP contribution in [0.25, 0.3) is 0 Å². The van der Waals surface area contributed by atoms with E-state index in [-0.39, 0.29) is 14.9 Å². The Labute approximate surface area is 152 Å². The van der Waals surface area contributed by atoms with Crippen LogP contribution in [0.3, 0.4) is 0 Å². The van der Waals surface area contributed by atoms with E-state index in [1.54, 1.807) is 0 Å². The van der Waals surface area contributed by atoms with E-state index in [9.17, 15) is 0 Å². The third-order valence-corrected chi connectivity index (χ3v) is 4.43. The first-order valence-electron chi connectivity index (χ1n) is 7.61. The Morgan fingerprint density at radius 2 is 1.29 bits per heavy atom. The van der Waals surface area contributed by atoms with E-state index in [0.717, 1.165) is 17.8 Å². The quantitative estimate of drug-likeness (QED) is 0.365. The molecule has 0 heterocycles. The van der Waals surface area contributed by atoms with Crippen LogP contribution in [0.2, 0.25) is 0 Å². The average molecular weight is 411 g/mol. The molecule has 0 radical (unpaired) electrons. The van der Waals surface area contributed by atoms with Crippen molar-refractivity contribution in [2.45, 2.75) is 58.3 Å². The molecular formula is C18H32Cl2Zr. The molecule has 0 aromatic heterocycles. The second kappa shape index (κ2) is 15.8. The molecule has 0 saturated heterocycles. The minimum atomic E-state index is -0.826. The Kier molecular flexibility index (Phi) is 18.2. The molecule has 2 saturated carbocycles. The summed E-state index contributed by atoms with van der Waals surface area (Å²) in [7, 11) is 9.87. The number of halogens is 2. The molecular weight excluding hydrogens is 378 g/mol. The summed E-state index contributed by atoms with van der Waals surface area (Å²) in [5, 5.41) is 0. The third-order valence-electron chi connectivity index (χ3n) is 4.43. The van der Waals surface area contributed by atoms with Gasteiger partial charge in [0.25, 0.3) is 0 Å². The average Bonchev–Trinajstić information content (AvgIpc) is 3.08. The van der Waals surface area contributed by atoms with Gasteiger partial charge in [-0.3, -0.25) is 0 Å². The summed E-state index contributed by atoms with van der Waals surface area (Å²) < 4.78 is 0. The molecule has 0 spiro atoms. The number of allylic oxidation sites excluding steroid dienone is 4. The van der Waals surface area contributed by atoms with Crippen molar-refractivity contribution < 1.29 is 20.8 Å². The van der Waals surface area contributed by atoms with Crippen molar-refractivity contribution in [1.29, 1.82) is 0 Å². The van der Waals surface area contributed by atoms with Crippen LogP contribution in [0.4, 0.5) is 0 Å². The van der Waals surface area contributed by atoms with E-state index in [4.69, 9.17) is 17.0 Å². The Hall–Kier alpha value is 0.943. The maximum atomic E-state index is 4.93. The molecule has 0 aromatic rings. The first-order valence-corrected chi connectivity index (χ1v) is 13.9. The summed E-state index contributed by atoms with van der Waals surface area (Å²) in [5.41, 5.74) is 0. The van der Waals surface area contributed by atoms with Crippen LogP contribution < -0.4 is 0 Å². The second-order valence-electron chi connectivity index (χ2n) is 5.73. The van der Waals surface area contributed by atoms with Gasteiger partial charge < -0.3 is 14.9 Å². The van der Waals surface area contributed by atoms with Crippen LogP contribution in [-0.4, -0.2) is 0 Å². The van der Waals surface area contributed by atoms with Gasteiger partial charge in [0.05, 0.1) is 0 Å². The summed E-state index contributed by atoms with van der Waals surface area (Å²) >= 11 is -0.826. The van der Waals surface area contributed by atoms with Gasteiger partial charge in [-0.2, -0.15) is 0 Å². The Morgan fingerprint density at radius 1 is 0.810 bits per heavy atom. The Balaban J connectivity index is 0. The molecule has 3 heteroatoms. The van der Waals surface area contributed by atoms with E-state index < -0.39 is 20.8 Å². The van der Waals surface area contributed by atoms with Crippen molar-refractivity contribution in [3.8, 4) is 0 Å². The van der Waals surface area contributed by atoms with Crippen LogP contribution in [0, 0.1) is 32.6 Å². The van der Waals surface area contributed by atoms with Gasteiger partial charge in [-0.05, 0) is 30.6 Å². The van der Waals surface area contributed by atoms with Gasteiger partial charge in [-0.25, -0.2) is 0 Å². The third kappa shape index (κ3) is 10.4. The number of hydrogen-bond acceptors (Lipinski definition) is 0. The predicted octanol–water partition coefficient (Wildman–Crippen LogP) is 7.39. The summed E-state index contributed by atoms with van der Waals surface area (Å²) in [5.74, 6) is 2.64. The molecule has 0 N–H and O–H groups in total. The zero-order chi connectivity index (χ0) is 13.9. The minimum absolute atomic E-state index is 0. The SMILES string of the molecule is C1CCCC1.C[C@H]1C=CC=CC2CCCC21.[CH3-].[CH3-].[Cl][Zr+2][Cl]. The topological polar surface area (TPSA) is 0 Å². The monoisotopic (exact) mass is 408 g/mol. The van der Waals surface area contributed by atoms with E-state index >= 15 is 0 Å². The molecule has 3 aliphatic carbocycles. The van der Waals surface area contributed by atoms with Crippen LogP contribution in [-0.2, 0) is 20.8 Å². The second-order valence-corrected chi connectivity index (χ2v) is 9.46. The number of hydrogen-bond donors (Lipinski definition) is 0. The first kappa shape index (κ1) is 24.2. The van der Waals surface area contributed by atoms with Crippen LogP contribution in [0.15, 0.2) is 24.3 Å². The van der Waals surface area contributed by atoms with Crippen LogP contribution in [0.1, 0.15) is 58.3 Å². The van der Waals surface area contributed by atoms with Crippen molar-refractivity contribution >= 4 is 17.0 Å². The summed E-state index contributed by atoms with van der Waals surface area (Å²) in [6.07, 6.45) is 21.0. The molecule has 0 bridgehead atoms. The summed E-state index contributed by atoms with van der Waals surface area (Å²) in [4.78, 5) is 0. The molecule has 0 nitrogen and oxygen atoms in total. The standard InChI is InChI=1S/C11H16.C5H10.2CH3.2ClH.Zr/c1-9-5-2-3-6-10-7-4-8-11(9)10;1-2-4-5-3-1;;;;;/h2-3,5-6,9-11H,4,7-8H2,1H3;1-5H2;2*1H3;2*1H;/q;;2*-1;;;+4/p-2/t9-,10?,11?;;;;;;/m0....../s1. The van der Waals surface area contributed by atoms with Crippen molar-refractivity contribution in [2.24, 2.45) is 17.8 Å². The zero-order valence-electron chi connectivity index (χ0n) is 14.0. The van der Waals surface area contributed by atoms with E-state index in [1.807, 2.05) is 0 Å². The fourth-order valence-electron chi connectivity index (χ4n) is 3.38. The predicted molar refractivity (Wildman–Crippen MR) is 95.9 cm³/mol. The molecule has 2 fully saturated rings. The van der Waals surface area contributed by atoms with Gasteiger partial charge in [0, 0.05) is 0 Å². The van der Waals surface area contributed by atoms with Crippen molar-refractivity contribution in [1.82, 2.24) is 0 Å². The Bertz CT molecular complexity index is 265. The van der Waals surface area contributed by atoms with Crippen molar-refractivity contribution in [3.63, 3.8) is 0 Å². The summed E-state index contributed by atoms with van der Waals surface area (Å²) in [6.45, 7) is 2.35. The normalized spacial score (nSPS) is 28.2. The van der Waals surface area contributed by atoms with E-state index in [1.165, 1.54) is 51.4 Å². The number of fused-ring (bicyclic) bond motifs is 1. The van der Waals surface area contributed by atoms with Crippen LogP contribution >= 0.6 is 17.0 Å². The molecule has 0 amide bonds. The van der Waals surface area contributed by atoms with Gasteiger partial charge in [0.15, 0.2) is 0 Å². The molecule has 0 aromatic carbocycles. The maximum absolute atomic E-state index is 4.93. The summed E-state index contributed by atoms with van der Waals surface area (Å²) in [6, 6.07) is 0. The van der Waals surface area contributed by atoms with Crippen LogP contribution in [0.5, 0.6) is 0 Å². The van der Waals surface area contributed by atoms with E-state index in [2.05, 4.69) is 31.2 Å². The molecule has 3 rings (SSSR count). The van der Waals surface area contributed by atoms with Gasteiger partial charge in [0.2, 0.25) is 0 Å². The van der Waals surface area contributed by atoms with Crippen molar-refractivity contribution in [2.75, 3.05) is 0 Å². The van der Waals surface area contributed by atoms with E-state index in [0.29, 0.717) is 0 Å². The van der Waals surface area contributed by atoms with Crippen molar-refractivity contribution in [3.05, 3.63) is 39.2 Å².